The predicted octanol–water partition coefficient (Wildman–Crippen LogP) is 2.85. The van der Waals surface area contributed by atoms with E-state index in [1.807, 2.05) is 0 Å². The summed E-state index contributed by atoms with van der Waals surface area (Å²) in [6.45, 7) is 0.240. The fourth-order valence-corrected chi connectivity index (χ4v) is 5.88. The number of hydrogen-bond donors (Lipinski definition) is 1. The van der Waals surface area contributed by atoms with Gasteiger partial charge in [-0.25, -0.2) is 8.42 Å². The zero-order valence-electron chi connectivity index (χ0n) is 15.0. The number of anilines is 1. The van der Waals surface area contributed by atoms with E-state index in [9.17, 15) is 23.3 Å². The van der Waals surface area contributed by atoms with Gasteiger partial charge in [0.25, 0.3) is 15.7 Å². The van der Waals surface area contributed by atoms with Crippen molar-refractivity contribution in [1.82, 2.24) is 4.31 Å². The molecule has 1 saturated heterocycles. The van der Waals surface area contributed by atoms with E-state index in [4.69, 9.17) is 4.74 Å². The summed E-state index contributed by atoms with van der Waals surface area (Å²) in [6, 6.07) is 6.09. The maximum absolute atomic E-state index is 12.9. The zero-order valence-corrected chi connectivity index (χ0v) is 16.7. The number of nitro benzene ring substituents is 1. The van der Waals surface area contributed by atoms with Gasteiger partial charge in [-0.2, -0.15) is 4.31 Å². The van der Waals surface area contributed by atoms with E-state index >= 15 is 0 Å². The van der Waals surface area contributed by atoms with E-state index in [0.717, 1.165) is 11.3 Å². The molecular weight excluding hydrogens is 406 g/mol. The van der Waals surface area contributed by atoms with Crippen LogP contribution in [0.15, 0.2) is 39.9 Å². The van der Waals surface area contributed by atoms with Crippen LogP contribution in [-0.2, 0) is 14.8 Å². The van der Waals surface area contributed by atoms with Gasteiger partial charge in [-0.15, -0.1) is 11.3 Å². The number of methoxy groups -OCH3 is 1. The number of carbonyl (C=O) groups is 1. The van der Waals surface area contributed by atoms with Crippen molar-refractivity contribution in [2.24, 2.45) is 0 Å². The maximum atomic E-state index is 12.9. The van der Waals surface area contributed by atoms with Gasteiger partial charge in [0.1, 0.15) is 16.0 Å². The Kier molecular flexibility index (Phi) is 5.96. The van der Waals surface area contributed by atoms with Gasteiger partial charge < -0.3 is 10.1 Å². The average molecular weight is 425 g/mol. The fraction of sp³-hybridized carbons (Fsp3) is 0.353. The van der Waals surface area contributed by atoms with Crippen molar-refractivity contribution < 1.29 is 22.9 Å². The molecule has 0 saturated carbocycles. The van der Waals surface area contributed by atoms with E-state index in [1.54, 1.807) is 11.4 Å². The first-order valence-corrected chi connectivity index (χ1v) is 10.8. The molecule has 0 radical (unpaired) electrons. The molecule has 1 unspecified atom stereocenters. The fourth-order valence-electron chi connectivity index (χ4n) is 3.10. The highest BCUT2D eigenvalue weighted by Gasteiger charge is 2.38. The number of piperidine rings is 1. The summed E-state index contributed by atoms with van der Waals surface area (Å²) in [6.07, 6.45) is 1.74. The number of carbonyl (C=O) groups excluding carboxylic acids is 1. The summed E-state index contributed by atoms with van der Waals surface area (Å²) >= 11 is 1.10. The first-order valence-electron chi connectivity index (χ1n) is 8.53. The van der Waals surface area contributed by atoms with Gasteiger partial charge in [0.15, 0.2) is 0 Å². The van der Waals surface area contributed by atoms with E-state index in [2.05, 4.69) is 5.32 Å². The summed E-state index contributed by atoms with van der Waals surface area (Å²) in [7, 11) is -2.41. The summed E-state index contributed by atoms with van der Waals surface area (Å²) < 4.78 is 32.4. The quantitative estimate of drug-likeness (QED) is 0.561. The van der Waals surface area contributed by atoms with E-state index in [1.165, 1.54) is 35.7 Å². The number of benzene rings is 1. The molecule has 0 spiro atoms. The molecule has 28 heavy (non-hydrogen) atoms. The number of hydrogen-bond acceptors (Lipinski definition) is 7. The van der Waals surface area contributed by atoms with Crippen LogP contribution in [0.5, 0.6) is 5.75 Å². The van der Waals surface area contributed by atoms with Crippen LogP contribution < -0.4 is 10.1 Å². The Bertz CT molecular complexity index is 975. The van der Waals surface area contributed by atoms with Crippen LogP contribution in [0.1, 0.15) is 19.3 Å². The number of amides is 1. The molecule has 0 bridgehead atoms. The first kappa shape index (κ1) is 20.2. The Balaban J connectivity index is 1.88. The molecule has 1 fully saturated rings. The minimum atomic E-state index is -3.79. The Labute approximate surface area is 166 Å². The molecule has 3 rings (SSSR count). The second-order valence-corrected chi connectivity index (χ2v) is 9.26. The summed E-state index contributed by atoms with van der Waals surface area (Å²) in [5.74, 6) is -0.291. The van der Waals surface area contributed by atoms with Gasteiger partial charge >= 0.3 is 0 Å². The van der Waals surface area contributed by atoms with Crippen LogP contribution in [0.3, 0.4) is 0 Å². The van der Waals surface area contributed by atoms with Crippen molar-refractivity contribution >= 4 is 38.6 Å². The number of nitrogens with zero attached hydrogens (tertiary/aromatic N) is 2. The Morgan fingerprint density at radius 3 is 2.79 bits per heavy atom. The lowest BCUT2D eigenvalue weighted by molar-refractivity contribution is -0.384. The molecule has 0 aliphatic carbocycles. The third-order valence-electron chi connectivity index (χ3n) is 4.47. The van der Waals surface area contributed by atoms with Crippen molar-refractivity contribution in [3.05, 3.63) is 45.8 Å². The van der Waals surface area contributed by atoms with Gasteiger partial charge in [0.2, 0.25) is 5.91 Å². The van der Waals surface area contributed by atoms with Gasteiger partial charge in [-0.3, -0.25) is 14.9 Å². The lowest BCUT2D eigenvalue weighted by atomic mass is 10.0. The van der Waals surface area contributed by atoms with Gasteiger partial charge in [-0.05, 0) is 30.4 Å². The summed E-state index contributed by atoms with van der Waals surface area (Å²) in [5, 5.41) is 15.3. The topological polar surface area (TPSA) is 119 Å². The number of ether oxygens (including phenoxy) is 1. The second kappa shape index (κ2) is 8.25. The van der Waals surface area contributed by atoms with Crippen LogP contribution in [0, 0.1) is 10.1 Å². The van der Waals surface area contributed by atoms with Crippen molar-refractivity contribution in [1.29, 1.82) is 0 Å². The second-order valence-electron chi connectivity index (χ2n) is 6.19. The predicted molar refractivity (Wildman–Crippen MR) is 104 cm³/mol. The SMILES string of the molecule is COc1ccc([N+](=O)[O-])cc1NC(=O)C1CCCCN1S(=O)(=O)c1cccs1. The minimum Gasteiger partial charge on any atom is -0.495 e. The lowest BCUT2D eigenvalue weighted by Gasteiger charge is -2.33. The standard InChI is InChI=1S/C17H19N3O6S2/c1-26-15-8-7-12(20(22)23)11-13(15)18-17(21)14-5-2-3-9-19(14)28(24,25)16-6-4-10-27-16/h4,6-8,10-11,14H,2-3,5,9H2,1H3,(H,18,21). The third-order valence-corrected chi connectivity index (χ3v) is 7.75. The number of thiophene rings is 1. The van der Waals surface area contributed by atoms with Crippen LogP contribution in [0.2, 0.25) is 0 Å². The van der Waals surface area contributed by atoms with Gasteiger partial charge in [0, 0.05) is 18.7 Å². The summed E-state index contributed by atoms with van der Waals surface area (Å²) in [4.78, 5) is 23.3. The maximum Gasteiger partial charge on any atom is 0.271 e. The number of nitro groups is 1. The minimum absolute atomic E-state index is 0.126. The van der Waals surface area contributed by atoms with Crippen molar-refractivity contribution in [2.45, 2.75) is 29.5 Å². The molecule has 1 aliphatic heterocycles. The molecule has 1 aromatic carbocycles. The van der Waals surface area contributed by atoms with E-state index < -0.39 is 26.9 Å². The van der Waals surface area contributed by atoms with Crippen molar-refractivity contribution in [2.75, 3.05) is 19.0 Å². The Morgan fingerprint density at radius 1 is 1.36 bits per heavy atom. The lowest BCUT2D eigenvalue weighted by Crippen LogP contribution is -2.49. The molecule has 1 atom stereocenters. The molecule has 1 amide bonds. The molecule has 11 heteroatoms. The molecule has 9 nitrogen and oxygen atoms in total. The van der Waals surface area contributed by atoms with Crippen LogP contribution in [0.25, 0.3) is 0 Å². The number of rotatable bonds is 6. The largest absolute Gasteiger partial charge is 0.495 e. The zero-order chi connectivity index (χ0) is 20.3. The van der Waals surface area contributed by atoms with Crippen LogP contribution >= 0.6 is 11.3 Å². The number of nitrogens with one attached hydrogen (secondary N) is 1. The highest BCUT2D eigenvalue weighted by atomic mass is 32.2. The molecule has 1 aromatic heterocycles. The highest BCUT2D eigenvalue weighted by molar-refractivity contribution is 7.91. The Morgan fingerprint density at radius 2 is 2.14 bits per heavy atom. The van der Waals surface area contributed by atoms with Crippen LogP contribution in [-0.4, -0.2) is 43.2 Å². The van der Waals surface area contributed by atoms with Crippen molar-refractivity contribution in [3.63, 3.8) is 0 Å². The number of non-ortho nitro benzene ring substituents is 1. The van der Waals surface area contributed by atoms with Crippen LogP contribution in [0.4, 0.5) is 11.4 Å². The Hall–Kier alpha value is -2.50. The van der Waals surface area contributed by atoms with Gasteiger partial charge in [0.05, 0.1) is 17.7 Å². The molecule has 2 aromatic rings. The van der Waals surface area contributed by atoms with Crippen molar-refractivity contribution in [3.8, 4) is 5.75 Å². The van der Waals surface area contributed by atoms with E-state index in [0.29, 0.717) is 19.3 Å². The number of sulfonamides is 1. The first-order chi connectivity index (χ1) is 13.3. The van der Waals surface area contributed by atoms with E-state index in [-0.39, 0.29) is 27.9 Å². The molecular formula is C17H19N3O6S2. The van der Waals surface area contributed by atoms with Gasteiger partial charge in [-0.1, -0.05) is 12.5 Å². The monoisotopic (exact) mass is 425 g/mol. The average Bonchev–Trinajstić information content (AvgIpc) is 3.23. The molecule has 150 valence electrons. The normalized spacial score (nSPS) is 17.8. The molecule has 1 aliphatic rings. The highest BCUT2D eigenvalue weighted by Crippen LogP contribution is 2.32. The molecule has 2 heterocycles. The molecule has 1 N–H and O–H groups in total. The third kappa shape index (κ3) is 4.01. The smallest absolute Gasteiger partial charge is 0.271 e. The summed E-state index contributed by atoms with van der Waals surface area (Å²) in [5.41, 5.74) is -0.0800.